The van der Waals surface area contributed by atoms with Gasteiger partial charge in [-0.1, -0.05) is 11.6 Å². The fourth-order valence-electron chi connectivity index (χ4n) is 2.82. The van der Waals surface area contributed by atoms with Gasteiger partial charge in [0.25, 0.3) is 5.56 Å². The van der Waals surface area contributed by atoms with E-state index in [0.29, 0.717) is 0 Å². The molecule has 0 saturated heterocycles. The first-order chi connectivity index (χ1) is 13.6. The highest BCUT2D eigenvalue weighted by Crippen LogP contribution is 2.26. The van der Waals surface area contributed by atoms with Crippen molar-refractivity contribution in [3.8, 4) is 0 Å². The van der Waals surface area contributed by atoms with Gasteiger partial charge >= 0.3 is 6.03 Å². The molecule has 10 heteroatoms. The van der Waals surface area contributed by atoms with Gasteiger partial charge in [-0.25, -0.2) is 22.6 Å². The third-order valence-corrected chi connectivity index (χ3v) is 4.88. The summed E-state index contributed by atoms with van der Waals surface area (Å²) >= 11 is 5.71. The molecular formula is C19H16ClF3N4O2. The number of rotatable bonds is 3. The molecule has 0 aliphatic carbocycles. The Morgan fingerprint density at radius 1 is 1.14 bits per heavy atom. The molecule has 29 heavy (non-hydrogen) atoms. The van der Waals surface area contributed by atoms with Crippen LogP contribution >= 0.6 is 11.6 Å². The van der Waals surface area contributed by atoms with Crippen LogP contribution in [0.5, 0.6) is 0 Å². The number of aromatic nitrogens is 2. The lowest BCUT2D eigenvalue weighted by atomic mass is 10.1. The summed E-state index contributed by atoms with van der Waals surface area (Å²) in [5.41, 5.74) is -0.120. The lowest BCUT2D eigenvalue weighted by Gasteiger charge is -2.26. The van der Waals surface area contributed by atoms with Crippen LogP contribution < -0.4 is 10.9 Å². The molecule has 2 aromatic carbocycles. The van der Waals surface area contributed by atoms with Crippen molar-refractivity contribution in [3.63, 3.8) is 0 Å². The summed E-state index contributed by atoms with van der Waals surface area (Å²) in [4.78, 5) is 26.1. The van der Waals surface area contributed by atoms with Gasteiger partial charge in [0.2, 0.25) is 0 Å². The molecule has 1 N–H and O–H groups in total. The van der Waals surface area contributed by atoms with Crippen molar-refractivity contribution < 1.29 is 18.0 Å². The highest BCUT2D eigenvalue weighted by molar-refractivity contribution is 6.31. The molecular weight excluding hydrogens is 409 g/mol. The van der Waals surface area contributed by atoms with Crippen molar-refractivity contribution in [2.24, 2.45) is 7.05 Å². The second-order valence-electron chi connectivity index (χ2n) is 6.47. The van der Waals surface area contributed by atoms with E-state index in [0.717, 1.165) is 22.9 Å². The Morgan fingerprint density at radius 3 is 2.38 bits per heavy atom. The molecule has 0 unspecified atom stereocenters. The number of anilines is 1. The molecule has 0 bridgehead atoms. The molecule has 0 aliphatic rings. The third-order valence-electron chi connectivity index (χ3n) is 4.59. The Bertz CT molecular complexity index is 1180. The average molecular weight is 425 g/mol. The van der Waals surface area contributed by atoms with Crippen LogP contribution in [-0.4, -0.2) is 27.8 Å². The Labute approximate surface area is 168 Å². The largest absolute Gasteiger partial charge is 0.322 e. The number of nitrogens with zero attached hydrogens (tertiary/aromatic N) is 3. The lowest BCUT2D eigenvalue weighted by molar-refractivity contribution is 0.207. The molecule has 152 valence electrons. The maximum atomic E-state index is 13.8. The van der Waals surface area contributed by atoms with Crippen LogP contribution in [0.1, 0.15) is 18.7 Å². The summed E-state index contributed by atoms with van der Waals surface area (Å²) in [7, 11) is 2.84. The van der Waals surface area contributed by atoms with E-state index in [1.165, 1.54) is 31.1 Å². The van der Waals surface area contributed by atoms with Crippen LogP contribution in [0.4, 0.5) is 23.7 Å². The topological polar surface area (TPSA) is 67.2 Å². The molecule has 1 aromatic heterocycles. The second-order valence-corrected chi connectivity index (χ2v) is 6.88. The van der Waals surface area contributed by atoms with Crippen molar-refractivity contribution >= 4 is 34.1 Å². The number of benzene rings is 2. The fourth-order valence-corrected chi connectivity index (χ4v) is 3.00. The monoisotopic (exact) mass is 424 g/mol. The number of hydrogen-bond acceptors (Lipinski definition) is 3. The van der Waals surface area contributed by atoms with E-state index in [1.54, 1.807) is 6.92 Å². The van der Waals surface area contributed by atoms with Gasteiger partial charge in [0.1, 0.15) is 5.82 Å². The summed E-state index contributed by atoms with van der Waals surface area (Å²) in [5, 5.41) is 6.59. The van der Waals surface area contributed by atoms with Gasteiger partial charge in [0.05, 0.1) is 22.1 Å². The van der Waals surface area contributed by atoms with Crippen molar-refractivity contribution in [1.29, 1.82) is 0 Å². The minimum absolute atomic E-state index is 0.0534. The molecule has 0 saturated carbocycles. The first kappa shape index (κ1) is 20.7. The van der Waals surface area contributed by atoms with E-state index in [9.17, 15) is 22.8 Å². The smallest absolute Gasteiger partial charge is 0.319 e. The van der Waals surface area contributed by atoms with Gasteiger partial charge in [-0.2, -0.15) is 5.10 Å². The van der Waals surface area contributed by atoms with Crippen LogP contribution in [0.25, 0.3) is 10.8 Å². The minimum atomic E-state index is -1.15. The second kappa shape index (κ2) is 7.75. The minimum Gasteiger partial charge on any atom is -0.319 e. The molecule has 1 heterocycles. The number of urea groups is 1. The number of halogens is 4. The maximum absolute atomic E-state index is 13.8. The van der Waals surface area contributed by atoms with Crippen LogP contribution in [0, 0.1) is 17.5 Å². The Kier molecular flexibility index (Phi) is 5.52. The van der Waals surface area contributed by atoms with Gasteiger partial charge < -0.3 is 10.2 Å². The normalized spacial score (nSPS) is 12.1. The Morgan fingerprint density at radius 2 is 1.76 bits per heavy atom. The quantitative estimate of drug-likeness (QED) is 0.684. The van der Waals surface area contributed by atoms with Crippen molar-refractivity contribution in [2.45, 2.75) is 13.0 Å². The number of fused-ring (bicyclic) bond motifs is 1. The van der Waals surface area contributed by atoms with Crippen LogP contribution in [0.2, 0.25) is 5.02 Å². The van der Waals surface area contributed by atoms with Gasteiger partial charge in [-0.05, 0) is 37.3 Å². The molecule has 2 amide bonds. The summed E-state index contributed by atoms with van der Waals surface area (Å²) < 4.78 is 41.7. The molecule has 0 radical (unpaired) electrons. The van der Waals surface area contributed by atoms with Crippen LogP contribution in [-0.2, 0) is 7.05 Å². The van der Waals surface area contributed by atoms with Crippen LogP contribution in [0.15, 0.2) is 35.1 Å². The number of carbonyl (C=O) groups excluding carboxylic acids is 1. The molecule has 1 atom stereocenters. The molecule has 0 fully saturated rings. The van der Waals surface area contributed by atoms with E-state index < -0.39 is 35.1 Å². The molecule has 0 aliphatic heterocycles. The summed E-state index contributed by atoms with van der Waals surface area (Å²) in [6.45, 7) is 1.62. The Hall–Kier alpha value is -3.07. The first-order valence-corrected chi connectivity index (χ1v) is 8.82. The standard InChI is InChI=1S/C19H16ClF3N4O2/c1-9(26(2)19(29)24-10-4-5-14(21)13(20)6-10)17-11-7-15(22)16(23)8-12(11)18(28)27(3)25-17/h4-9H,1-3H3,(H,24,29)/t9-/m0/s1. The summed E-state index contributed by atoms with van der Waals surface area (Å²) in [6, 6.07) is 4.11. The van der Waals surface area contributed by atoms with Crippen molar-refractivity contribution in [3.05, 3.63) is 68.9 Å². The molecule has 3 rings (SSSR count). The highest BCUT2D eigenvalue weighted by Gasteiger charge is 2.23. The molecule has 3 aromatic rings. The van der Waals surface area contributed by atoms with Crippen molar-refractivity contribution in [2.75, 3.05) is 12.4 Å². The summed E-state index contributed by atoms with van der Waals surface area (Å²) in [6.07, 6.45) is 0. The van der Waals surface area contributed by atoms with Crippen molar-refractivity contribution in [1.82, 2.24) is 14.7 Å². The Balaban J connectivity index is 1.97. The number of nitrogens with one attached hydrogen (secondary N) is 1. The van der Waals surface area contributed by atoms with Gasteiger partial charge in [0.15, 0.2) is 11.6 Å². The zero-order chi connectivity index (χ0) is 21.5. The zero-order valence-electron chi connectivity index (χ0n) is 15.6. The molecule has 6 nitrogen and oxygen atoms in total. The number of amides is 2. The lowest BCUT2D eigenvalue weighted by Crippen LogP contribution is -2.35. The zero-order valence-corrected chi connectivity index (χ0v) is 16.4. The maximum Gasteiger partial charge on any atom is 0.322 e. The summed E-state index contributed by atoms with van der Waals surface area (Å²) in [5.74, 6) is -2.91. The molecule has 0 spiro atoms. The van der Waals surface area contributed by atoms with E-state index in [-0.39, 0.29) is 27.2 Å². The highest BCUT2D eigenvalue weighted by atomic mass is 35.5. The van der Waals surface area contributed by atoms with E-state index >= 15 is 0 Å². The average Bonchev–Trinajstić information content (AvgIpc) is 2.68. The van der Waals surface area contributed by atoms with E-state index in [2.05, 4.69) is 10.4 Å². The first-order valence-electron chi connectivity index (χ1n) is 8.45. The predicted octanol–water partition coefficient (Wildman–Crippen LogP) is 4.23. The van der Waals surface area contributed by atoms with E-state index in [1.807, 2.05) is 0 Å². The fraction of sp³-hybridized carbons (Fsp3) is 0.211. The van der Waals surface area contributed by atoms with Gasteiger partial charge in [0, 0.05) is 25.2 Å². The number of aryl methyl sites for hydroxylation is 1. The van der Waals surface area contributed by atoms with Gasteiger partial charge in [-0.15, -0.1) is 0 Å². The number of hydrogen-bond donors (Lipinski definition) is 1. The SMILES string of the molecule is C[C@@H](c1nn(C)c(=O)c2cc(F)c(F)cc12)N(C)C(=O)Nc1ccc(F)c(Cl)c1. The predicted molar refractivity (Wildman–Crippen MR) is 104 cm³/mol. The van der Waals surface area contributed by atoms with E-state index in [4.69, 9.17) is 11.6 Å². The third kappa shape index (κ3) is 3.91. The van der Waals surface area contributed by atoms with Crippen LogP contribution in [0.3, 0.4) is 0 Å². The van der Waals surface area contributed by atoms with Gasteiger partial charge in [-0.3, -0.25) is 4.79 Å². The number of carbonyl (C=O) groups is 1.